The maximum absolute atomic E-state index is 12.7. The van der Waals surface area contributed by atoms with Crippen LogP contribution in [0.1, 0.15) is 24.8 Å². The summed E-state index contributed by atoms with van der Waals surface area (Å²) in [4.78, 5) is 0. The number of benzene rings is 1. The number of nitrogens with one attached hydrogen (secondary N) is 2. The topological polar surface area (TPSA) is 71.1 Å². The molecule has 1 atom stereocenters. The molecular formula is C13H17F2N3O. The Hall–Kier alpha value is -1.69. The van der Waals surface area contributed by atoms with E-state index in [9.17, 15) is 8.78 Å². The van der Waals surface area contributed by atoms with Gasteiger partial charge in [0.25, 0.3) is 6.43 Å². The summed E-state index contributed by atoms with van der Waals surface area (Å²) in [5.41, 5.74) is 5.82. The van der Waals surface area contributed by atoms with Crippen LogP contribution in [0.25, 0.3) is 0 Å². The second-order valence-corrected chi connectivity index (χ2v) is 4.52. The first-order valence-electron chi connectivity index (χ1n) is 6.22. The first kappa shape index (κ1) is 13.7. The van der Waals surface area contributed by atoms with E-state index < -0.39 is 12.1 Å². The first-order chi connectivity index (χ1) is 9.08. The molecule has 1 aliphatic heterocycles. The fourth-order valence-electron chi connectivity index (χ4n) is 2.06. The van der Waals surface area contributed by atoms with E-state index in [4.69, 9.17) is 15.9 Å². The second kappa shape index (κ2) is 5.97. The van der Waals surface area contributed by atoms with Crippen LogP contribution in [0.2, 0.25) is 0 Å². The minimum absolute atomic E-state index is 0.129. The van der Waals surface area contributed by atoms with Crippen molar-refractivity contribution in [3.8, 4) is 0 Å². The van der Waals surface area contributed by atoms with Crippen molar-refractivity contribution in [1.82, 2.24) is 0 Å². The summed E-state index contributed by atoms with van der Waals surface area (Å²) in [7, 11) is 0. The Morgan fingerprint density at radius 3 is 2.84 bits per heavy atom. The van der Waals surface area contributed by atoms with Crippen molar-refractivity contribution in [2.75, 3.05) is 17.7 Å². The maximum atomic E-state index is 12.7. The van der Waals surface area contributed by atoms with Crippen LogP contribution in [0.4, 0.5) is 20.2 Å². The monoisotopic (exact) mass is 269 g/mol. The summed E-state index contributed by atoms with van der Waals surface area (Å²) in [6.07, 6.45) is -0.143. The molecule has 0 bridgehead atoms. The Morgan fingerprint density at radius 2 is 2.21 bits per heavy atom. The van der Waals surface area contributed by atoms with E-state index in [0.717, 1.165) is 19.3 Å². The molecule has 0 amide bonds. The van der Waals surface area contributed by atoms with Gasteiger partial charge in [0, 0.05) is 23.5 Å². The smallest absolute Gasteiger partial charge is 0.280 e. The lowest BCUT2D eigenvalue weighted by Crippen LogP contribution is -2.28. The van der Waals surface area contributed by atoms with Crippen LogP contribution < -0.4 is 11.1 Å². The van der Waals surface area contributed by atoms with Crippen molar-refractivity contribution in [3.05, 3.63) is 23.8 Å². The highest BCUT2D eigenvalue weighted by Crippen LogP contribution is 2.24. The molecule has 2 rings (SSSR count). The lowest BCUT2D eigenvalue weighted by Gasteiger charge is -2.25. The third kappa shape index (κ3) is 3.41. The number of alkyl halides is 2. The summed E-state index contributed by atoms with van der Waals surface area (Å²) in [6, 6.07) is 4.62. The Kier molecular flexibility index (Phi) is 4.31. The first-order valence-corrected chi connectivity index (χ1v) is 6.22. The average molecular weight is 269 g/mol. The SMILES string of the molecule is N=C(c1cc(N)ccc1NC1CCCCO1)C(F)F. The predicted octanol–water partition coefficient (Wildman–Crippen LogP) is 2.84. The molecule has 1 saturated heterocycles. The van der Waals surface area contributed by atoms with Crippen molar-refractivity contribution >= 4 is 17.1 Å². The minimum atomic E-state index is -2.82. The van der Waals surface area contributed by atoms with Gasteiger partial charge < -0.3 is 15.8 Å². The summed E-state index contributed by atoms with van der Waals surface area (Å²) in [6.45, 7) is 0.661. The van der Waals surface area contributed by atoms with Crippen molar-refractivity contribution in [2.45, 2.75) is 31.9 Å². The van der Waals surface area contributed by atoms with Gasteiger partial charge in [-0.15, -0.1) is 0 Å². The van der Waals surface area contributed by atoms with Crippen LogP contribution in [-0.2, 0) is 4.74 Å². The molecule has 1 fully saturated rings. The maximum Gasteiger partial charge on any atom is 0.280 e. The number of halogens is 2. The van der Waals surface area contributed by atoms with Gasteiger partial charge in [-0.1, -0.05) is 0 Å². The largest absolute Gasteiger partial charge is 0.399 e. The Balaban J connectivity index is 2.21. The Labute approximate surface area is 110 Å². The van der Waals surface area contributed by atoms with E-state index in [1.165, 1.54) is 6.07 Å². The number of nitrogen functional groups attached to an aromatic ring is 1. The molecule has 0 spiro atoms. The van der Waals surface area contributed by atoms with Crippen LogP contribution >= 0.6 is 0 Å². The third-order valence-electron chi connectivity index (χ3n) is 3.05. The highest BCUT2D eigenvalue weighted by Gasteiger charge is 2.20. The molecule has 4 N–H and O–H groups in total. The van der Waals surface area contributed by atoms with Gasteiger partial charge in [-0.05, 0) is 37.5 Å². The zero-order valence-corrected chi connectivity index (χ0v) is 10.5. The normalized spacial score (nSPS) is 19.4. The fourth-order valence-corrected chi connectivity index (χ4v) is 2.06. The van der Waals surface area contributed by atoms with E-state index in [0.29, 0.717) is 18.0 Å². The van der Waals surface area contributed by atoms with Gasteiger partial charge in [0.2, 0.25) is 0 Å². The second-order valence-electron chi connectivity index (χ2n) is 4.52. The Bertz CT molecular complexity index is 459. The van der Waals surface area contributed by atoms with Crippen molar-refractivity contribution in [2.24, 2.45) is 0 Å². The number of anilines is 2. The van der Waals surface area contributed by atoms with Crippen LogP contribution in [0.15, 0.2) is 18.2 Å². The van der Waals surface area contributed by atoms with Crippen molar-refractivity contribution in [1.29, 1.82) is 5.41 Å². The van der Waals surface area contributed by atoms with Gasteiger partial charge in [0.1, 0.15) is 11.9 Å². The quantitative estimate of drug-likeness (QED) is 0.581. The molecule has 0 aromatic heterocycles. The van der Waals surface area contributed by atoms with Crippen molar-refractivity contribution in [3.63, 3.8) is 0 Å². The van der Waals surface area contributed by atoms with E-state index in [2.05, 4.69) is 5.32 Å². The fraction of sp³-hybridized carbons (Fsp3) is 0.462. The minimum Gasteiger partial charge on any atom is -0.399 e. The van der Waals surface area contributed by atoms with Gasteiger partial charge >= 0.3 is 0 Å². The lowest BCUT2D eigenvalue weighted by molar-refractivity contribution is 0.0343. The number of nitrogens with two attached hydrogens (primary N) is 1. The molecular weight excluding hydrogens is 252 g/mol. The number of hydrogen-bond donors (Lipinski definition) is 3. The van der Waals surface area contributed by atoms with E-state index >= 15 is 0 Å². The molecule has 1 heterocycles. The standard InChI is InChI=1S/C13H17F2N3O/c14-13(15)12(17)9-7-8(16)4-5-10(9)18-11-3-1-2-6-19-11/h4-5,7,11,13,17-18H,1-3,6,16H2. The highest BCUT2D eigenvalue weighted by molar-refractivity contribution is 6.05. The summed E-state index contributed by atoms with van der Waals surface area (Å²) in [5, 5.41) is 10.5. The van der Waals surface area contributed by atoms with Gasteiger partial charge in [0.05, 0.1) is 0 Å². The molecule has 0 saturated carbocycles. The van der Waals surface area contributed by atoms with Gasteiger partial charge in [-0.3, -0.25) is 5.41 Å². The molecule has 1 aromatic rings. The molecule has 1 unspecified atom stereocenters. The number of hydrogen-bond acceptors (Lipinski definition) is 4. The number of rotatable bonds is 4. The summed E-state index contributed by atoms with van der Waals surface area (Å²) < 4.78 is 30.9. The molecule has 19 heavy (non-hydrogen) atoms. The zero-order valence-electron chi connectivity index (χ0n) is 10.5. The van der Waals surface area contributed by atoms with Gasteiger partial charge in [-0.25, -0.2) is 8.78 Å². The molecule has 1 aliphatic rings. The average Bonchev–Trinajstić information content (AvgIpc) is 2.41. The Morgan fingerprint density at radius 1 is 1.42 bits per heavy atom. The molecule has 4 nitrogen and oxygen atoms in total. The highest BCUT2D eigenvalue weighted by atomic mass is 19.3. The molecule has 0 aliphatic carbocycles. The summed E-state index contributed by atoms with van der Waals surface area (Å²) >= 11 is 0. The molecule has 0 radical (unpaired) electrons. The van der Waals surface area contributed by atoms with Crippen LogP contribution in [0.5, 0.6) is 0 Å². The van der Waals surface area contributed by atoms with Crippen molar-refractivity contribution < 1.29 is 13.5 Å². The summed E-state index contributed by atoms with van der Waals surface area (Å²) in [5.74, 6) is 0. The number of ether oxygens (including phenoxy) is 1. The van der Waals surface area contributed by atoms with Crippen LogP contribution in [0.3, 0.4) is 0 Å². The lowest BCUT2D eigenvalue weighted by atomic mass is 10.1. The van der Waals surface area contributed by atoms with E-state index in [1.807, 2.05) is 0 Å². The van der Waals surface area contributed by atoms with Crippen LogP contribution in [-0.4, -0.2) is 25.0 Å². The van der Waals surface area contributed by atoms with E-state index in [-0.39, 0.29) is 11.8 Å². The van der Waals surface area contributed by atoms with E-state index in [1.54, 1.807) is 12.1 Å². The predicted molar refractivity (Wildman–Crippen MR) is 70.9 cm³/mol. The molecule has 104 valence electrons. The third-order valence-corrected chi connectivity index (χ3v) is 3.05. The molecule has 6 heteroatoms. The zero-order chi connectivity index (χ0) is 13.8. The molecule has 1 aromatic carbocycles. The van der Waals surface area contributed by atoms with Gasteiger partial charge in [0.15, 0.2) is 0 Å². The van der Waals surface area contributed by atoms with Crippen LogP contribution in [0, 0.1) is 5.41 Å². The van der Waals surface area contributed by atoms with Gasteiger partial charge in [-0.2, -0.15) is 0 Å².